The van der Waals surface area contributed by atoms with Gasteiger partial charge in [0.25, 0.3) is 0 Å². The number of hydrogen-bond acceptors (Lipinski definition) is 4. The first-order valence-electron chi connectivity index (χ1n) is 2.94. The number of benzene rings is 1. The average molecular weight is 156 g/mol. The lowest BCUT2D eigenvalue weighted by Gasteiger charge is -2.04. The van der Waals surface area contributed by atoms with Gasteiger partial charge >= 0.3 is 0 Å². The molecule has 1 aromatic carbocycles. The predicted octanol–water partition coefficient (Wildman–Crippen LogP) is 0.812. The third-order valence-corrected chi connectivity index (χ3v) is 1.28. The Kier molecular flexibility index (Phi) is 1.76. The molecule has 60 valence electrons. The minimum Gasteiger partial charge on any atom is -0.504 e. The van der Waals surface area contributed by atoms with Crippen LogP contribution in [0, 0.1) is 0 Å². The fourth-order valence-corrected chi connectivity index (χ4v) is 0.710. The molecular weight excluding hydrogens is 148 g/mol. The summed E-state index contributed by atoms with van der Waals surface area (Å²) in [6.07, 6.45) is 0. The molecule has 0 heterocycles. The Morgan fingerprint density at radius 1 is 1.00 bits per heavy atom. The molecule has 1 rings (SSSR count). The van der Waals surface area contributed by atoms with Gasteiger partial charge in [-0.05, 0) is 0 Å². The Morgan fingerprint density at radius 2 is 1.55 bits per heavy atom. The predicted molar refractivity (Wildman–Crippen MR) is 38.0 cm³/mol. The molecular formula is C7H8O4. The number of hydrogen-bond donors (Lipinski definition) is 3. The third-order valence-electron chi connectivity index (χ3n) is 1.28. The molecule has 0 aromatic heterocycles. The van der Waals surface area contributed by atoms with E-state index in [0.717, 1.165) is 12.1 Å². The second kappa shape index (κ2) is 2.57. The molecule has 0 aliphatic heterocycles. The molecule has 3 N–H and O–H groups in total. The molecule has 0 amide bonds. The summed E-state index contributed by atoms with van der Waals surface area (Å²) in [5, 5.41) is 26.8. The highest BCUT2D eigenvalue weighted by molar-refractivity contribution is 5.51. The molecule has 1 aromatic rings. The number of ether oxygens (including phenoxy) is 1. The van der Waals surface area contributed by atoms with Gasteiger partial charge < -0.3 is 20.1 Å². The summed E-state index contributed by atoms with van der Waals surface area (Å²) in [7, 11) is 1.35. The zero-order valence-corrected chi connectivity index (χ0v) is 5.90. The van der Waals surface area contributed by atoms with Gasteiger partial charge in [-0.15, -0.1) is 0 Å². The Hall–Kier alpha value is -1.58. The van der Waals surface area contributed by atoms with E-state index in [9.17, 15) is 0 Å². The highest BCUT2D eigenvalue weighted by Gasteiger charge is 2.06. The molecule has 0 unspecified atom stereocenters. The van der Waals surface area contributed by atoms with Gasteiger partial charge in [0.2, 0.25) is 0 Å². The fourth-order valence-electron chi connectivity index (χ4n) is 0.710. The van der Waals surface area contributed by atoms with Crippen molar-refractivity contribution in [2.45, 2.75) is 0 Å². The molecule has 0 bridgehead atoms. The van der Waals surface area contributed by atoms with Crippen molar-refractivity contribution in [3.63, 3.8) is 0 Å². The van der Waals surface area contributed by atoms with E-state index < -0.39 is 0 Å². The fraction of sp³-hybridized carbons (Fsp3) is 0.143. The largest absolute Gasteiger partial charge is 0.504 e. The highest BCUT2D eigenvalue weighted by Crippen LogP contribution is 2.36. The van der Waals surface area contributed by atoms with Crippen molar-refractivity contribution >= 4 is 0 Å². The van der Waals surface area contributed by atoms with Gasteiger partial charge in [-0.2, -0.15) is 0 Å². The summed E-state index contributed by atoms with van der Waals surface area (Å²) in [6, 6.07) is 2.14. The minimum atomic E-state index is -0.372. The molecule has 4 heteroatoms. The first-order chi connectivity index (χ1) is 5.15. The number of aromatic hydroxyl groups is 3. The average Bonchev–Trinajstić information content (AvgIpc) is 1.97. The van der Waals surface area contributed by atoms with E-state index in [1.165, 1.54) is 7.11 Å². The van der Waals surface area contributed by atoms with Crippen LogP contribution in [0.25, 0.3) is 0 Å². The first kappa shape index (κ1) is 7.53. The van der Waals surface area contributed by atoms with Crippen LogP contribution < -0.4 is 4.74 Å². The molecule has 0 atom stereocenters. The molecule has 0 spiro atoms. The maximum atomic E-state index is 9.02. The zero-order chi connectivity index (χ0) is 8.43. The van der Waals surface area contributed by atoms with Gasteiger partial charge in [0.1, 0.15) is 0 Å². The molecule has 4 nitrogen and oxygen atoms in total. The SMILES string of the molecule is COc1cc(O)c(O)cc1O. The number of methoxy groups -OCH3 is 1. The smallest absolute Gasteiger partial charge is 0.164 e. The highest BCUT2D eigenvalue weighted by atomic mass is 16.5. The Balaban J connectivity index is 3.21. The van der Waals surface area contributed by atoms with Crippen LogP contribution in [0.2, 0.25) is 0 Å². The van der Waals surface area contributed by atoms with E-state index >= 15 is 0 Å². The van der Waals surface area contributed by atoms with Crippen molar-refractivity contribution in [3.8, 4) is 23.0 Å². The Bertz CT molecular complexity index is 269. The zero-order valence-electron chi connectivity index (χ0n) is 5.90. The Labute approximate surface area is 63.3 Å². The van der Waals surface area contributed by atoms with Crippen LogP contribution in [-0.2, 0) is 0 Å². The lowest BCUT2D eigenvalue weighted by Crippen LogP contribution is -1.82. The van der Waals surface area contributed by atoms with Crippen LogP contribution in [-0.4, -0.2) is 22.4 Å². The molecule has 0 fully saturated rings. The van der Waals surface area contributed by atoms with Crippen molar-refractivity contribution < 1.29 is 20.1 Å². The standard InChI is InChI=1S/C7H8O4/c1-11-7-3-5(9)4(8)2-6(7)10/h2-3,8-10H,1H3. The van der Waals surface area contributed by atoms with Crippen LogP contribution in [0.5, 0.6) is 23.0 Å². The van der Waals surface area contributed by atoms with Gasteiger partial charge in [-0.3, -0.25) is 0 Å². The van der Waals surface area contributed by atoms with Crippen molar-refractivity contribution in [1.29, 1.82) is 0 Å². The van der Waals surface area contributed by atoms with Crippen molar-refractivity contribution in [2.75, 3.05) is 7.11 Å². The normalized spacial score (nSPS) is 9.55. The lowest BCUT2D eigenvalue weighted by atomic mass is 10.3. The van der Waals surface area contributed by atoms with E-state index in [4.69, 9.17) is 15.3 Å². The number of phenolic OH excluding ortho intramolecular Hbond substituents is 3. The maximum Gasteiger partial charge on any atom is 0.164 e. The summed E-state index contributed by atoms with van der Waals surface area (Å²) in [4.78, 5) is 0. The first-order valence-corrected chi connectivity index (χ1v) is 2.94. The van der Waals surface area contributed by atoms with E-state index in [1.54, 1.807) is 0 Å². The second-order valence-corrected chi connectivity index (χ2v) is 2.01. The summed E-state index contributed by atoms with van der Waals surface area (Å²) in [5.74, 6) is -0.772. The summed E-state index contributed by atoms with van der Waals surface area (Å²) in [5.41, 5.74) is 0. The topological polar surface area (TPSA) is 69.9 Å². The molecule has 0 saturated carbocycles. The van der Waals surface area contributed by atoms with Crippen LogP contribution in [0.3, 0.4) is 0 Å². The molecule has 0 aliphatic rings. The van der Waals surface area contributed by atoms with Crippen molar-refractivity contribution in [1.82, 2.24) is 0 Å². The van der Waals surface area contributed by atoms with E-state index in [1.807, 2.05) is 0 Å². The minimum absolute atomic E-state index is 0.125. The van der Waals surface area contributed by atoms with E-state index in [0.29, 0.717) is 0 Å². The van der Waals surface area contributed by atoms with Crippen LogP contribution >= 0.6 is 0 Å². The molecule has 0 aliphatic carbocycles. The molecule has 0 radical (unpaired) electrons. The second-order valence-electron chi connectivity index (χ2n) is 2.01. The summed E-state index contributed by atoms with van der Waals surface area (Å²) in [6.45, 7) is 0. The lowest BCUT2D eigenvalue weighted by molar-refractivity contribution is 0.356. The van der Waals surface area contributed by atoms with Gasteiger partial charge in [0, 0.05) is 12.1 Å². The summed E-state index contributed by atoms with van der Waals surface area (Å²) >= 11 is 0. The number of phenols is 3. The maximum absolute atomic E-state index is 9.02. The van der Waals surface area contributed by atoms with Crippen LogP contribution in [0.15, 0.2) is 12.1 Å². The monoisotopic (exact) mass is 156 g/mol. The molecule has 0 saturated heterocycles. The molecule has 11 heavy (non-hydrogen) atoms. The van der Waals surface area contributed by atoms with Crippen molar-refractivity contribution in [3.05, 3.63) is 12.1 Å². The van der Waals surface area contributed by atoms with Gasteiger partial charge in [0.15, 0.2) is 23.0 Å². The van der Waals surface area contributed by atoms with Gasteiger partial charge in [0.05, 0.1) is 7.11 Å². The Morgan fingerprint density at radius 3 is 2.09 bits per heavy atom. The van der Waals surface area contributed by atoms with Gasteiger partial charge in [-0.25, -0.2) is 0 Å². The van der Waals surface area contributed by atoms with Crippen LogP contribution in [0.1, 0.15) is 0 Å². The van der Waals surface area contributed by atoms with Crippen LogP contribution in [0.4, 0.5) is 0 Å². The van der Waals surface area contributed by atoms with Gasteiger partial charge in [-0.1, -0.05) is 0 Å². The van der Waals surface area contributed by atoms with E-state index in [2.05, 4.69) is 4.74 Å². The van der Waals surface area contributed by atoms with E-state index in [-0.39, 0.29) is 23.0 Å². The summed E-state index contributed by atoms with van der Waals surface area (Å²) < 4.78 is 4.66. The number of rotatable bonds is 1. The quantitative estimate of drug-likeness (QED) is 0.415. The van der Waals surface area contributed by atoms with Crippen molar-refractivity contribution in [2.24, 2.45) is 0 Å². The third kappa shape index (κ3) is 1.29.